The molecule has 0 aliphatic heterocycles. The van der Waals surface area contributed by atoms with E-state index in [9.17, 15) is 4.39 Å². The van der Waals surface area contributed by atoms with Gasteiger partial charge in [0.25, 0.3) is 0 Å². The van der Waals surface area contributed by atoms with Gasteiger partial charge < -0.3 is 5.32 Å². The third-order valence-corrected chi connectivity index (χ3v) is 2.38. The normalized spacial score (nSPS) is 12.8. The van der Waals surface area contributed by atoms with Crippen molar-refractivity contribution in [2.75, 3.05) is 13.2 Å². The zero-order chi connectivity index (χ0) is 10.4. The minimum absolute atomic E-state index is 0.249. The molecule has 0 aliphatic carbocycles. The van der Waals surface area contributed by atoms with Crippen LogP contribution in [0.5, 0.6) is 0 Å². The largest absolute Gasteiger partial charge is 0.310 e. The van der Waals surface area contributed by atoms with Crippen LogP contribution in [0.3, 0.4) is 0 Å². The molecule has 1 aromatic carbocycles. The second-order valence-corrected chi connectivity index (χ2v) is 3.71. The maximum Gasteiger partial charge on any atom is 0.0906 e. The van der Waals surface area contributed by atoms with Gasteiger partial charge in [0.15, 0.2) is 0 Å². The van der Waals surface area contributed by atoms with Crippen LogP contribution < -0.4 is 5.32 Å². The summed E-state index contributed by atoms with van der Waals surface area (Å²) < 4.78 is 11.8. The summed E-state index contributed by atoms with van der Waals surface area (Å²) in [7, 11) is 0. The third-order valence-electron chi connectivity index (χ3n) is 2.13. The van der Waals surface area contributed by atoms with Crippen molar-refractivity contribution in [1.82, 2.24) is 5.32 Å². The molecule has 0 spiro atoms. The number of hydrogen-bond acceptors (Lipinski definition) is 1. The second-order valence-electron chi connectivity index (χ2n) is 3.27. The van der Waals surface area contributed by atoms with Crippen LogP contribution in [0.4, 0.5) is 4.39 Å². The van der Waals surface area contributed by atoms with Crippen LogP contribution in [0.15, 0.2) is 24.3 Å². The number of alkyl halides is 1. The van der Waals surface area contributed by atoms with E-state index < -0.39 is 0 Å². The quantitative estimate of drug-likeness (QED) is 0.743. The highest BCUT2D eigenvalue weighted by Gasteiger charge is 2.03. The molecule has 0 unspecified atom stereocenters. The van der Waals surface area contributed by atoms with Gasteiger partial charge in [-0.2, -0.15) is 0 Å². The first-order valence-electron chi connectivity index (χ1n) is 4.79. The highest BCUT2D eigenvalue weighted by Crippen LogP contribution is 2.15. The smallest absolute Gasteiger partial charge is 0.0906 e. The molecule has 1 rings (SSSR count). The Labute approximate surface area is 89.3 Å². The van der Waals surface area contributed by atoms with E-state index in [1.54, 1.807) is 0 Å². The molecule has 0 saturated heterocycles. The maximum absolute atomic E-state index is 11.8. The standard InChI is InChI=1S/C11H15ClFN/c1-9(14-8-2-7-13)10-3-5-11(12)6-4-10/h3-6,9,14H,2,7-8H2,1H3/t9-/m1/s1. The summed E-state index contributed by atoms with van der Waals surface area (Å²) in [6.07, 6.45) is 0.567. The molecule has 1 aromatic rings. The monoisotopic (exact) mass is 215 g/mol. The van der Waals surface area contributed by atoms with Crippen molar-refractivity contribution in [3.05, 3.63) is 34.9 Å². The van der Waals surface area contributed by atoms with Crippen LogP contribution in [-0.2, 0) is 0 Å². The molecule has 3 heteroatoms. The lowest BCUT2D eigenvalue weighted by atomic mass is 10.1. The Balaban J connectivity index is 2.43. The summed E-state index contributed by atoms with van der Waals surface area (Å²) in [6.45, 7) is 2.50. The topological polar surface area (TPSA) is 12.0 Å². The molecule has 1 nitrogen and oxygen atoms in total. The molecule has 0 radical (unpaired) electrons. The molecule has 78 valence electrons. The van der Waals surface area contributed by atoms with E-state index in [0.29, 0.717) is 13.0 Å². The fraction of sp³-hybridized carbons (Fsp3) is 0.455. The number of rotatable bonds is 5. The molecule has 0 amide bonds. The van der Waals surface area contributed by atoms with Crippen molar-refractivity contribution in [3.8, 4) is 0 Å². The molecule has 0 aliphatic rings. The minimum Gasteiger partial charge on any atom is -0.310 e. The Kier molecular flexibility index (Phi) is 4.91. The van der Waals surface area contributed by atoms with Gasteiger partial charge in [0, 0.05) is 11.1 Å². The number of hydrogen-bond donors (Lipinski definition) is 1. The van der Waals surface area contributed by atoms with Crippen LogP contribution in [0, 0.1) is 0 Å². The molecule has 0 heterocycles. The fourth-order valence-corrected chi connectivity index (χ4v) is 1.38. The first-order chi connectivity index (χ1) is 6.74. The zero-order valence-corrected chi connectivity index (χ0v) is 9.02. The number of nitrogens with one attached hydrogen (secondary N) is 1. The molecular weight excluding hydrogens is 201 g/mol. The SMILES string of the molecule is C[C@@H](NCCCF)c1ccc(Cl)cc1. The summed E-state index contributed by atoms with van der Waals surface area (Å²) >= 11 is 5.77. The number of halogens is 2. The highest BCUT2D eigenvalue weighted by molar-refractivity contribution is 6.30. The molecular formula is C11H15ClFN. The Morgan fingerprint density at radius 2 is 2.00 bits per heavy atom. The van der Waals surface area contributed by atoms with Gasteiger partial charge in [0.05, 0.1) is 6.67 Å². The Morgan fingerprint density at radius 3 is 2.57 bits per heavy atom. The lowest BCUT2D eigenvalue weighted by molar-refractivity contribution is 0.446. The molecule has 1 N–H and O–H groups in total. The average molecular weight is 216 g/mol. The lowest BCUT2D eigenvalue weighted by Gasteiger charge is -2.13. The molecule has 0 fully saturated rings. The minimum atomic E-state index is -0.264. The van der Waals surface area contributed by atoms with Crippen molar-refractivity contribution >= 4 is 11.6 Å². The average Bonchev–Trinajstić information content (AvgIpc) is 2.19. The first-order valence-corrected chi connectivity index (χ1v) is 5.16. The van der Waals surface area contributed by atoms with E-state index in [0.717, 1.165) is 5.02 Å². The van der Waals surface area contributed by atoms with Crippen molar-refractivity contribution < 1.29 is 4.39 Å². The van der Waals surface area contributed by atoms with Gasteiger partial charge in [-0.3, -0.25) is 4.39 Å². The van der Waals surface area contributed by atoms with E-state index in [1.165, 1.54) is 5.56 Å². The Hall–Kier alpha value is -0.600. The molecule has 0 saturated carbocycles. The first kappa shape index (κ1) is 11.5. The van der Waals surface area contributed by atoms with E-state index in [1.807, 2.05) is 24.3 Å². The van der Waals surface area contributed by atoms with Gasteiger partial charge in [-0.1, -0.05) is 23.7 Å². The van der Waals surface area contributed by atoms with Crippen molar-refractivity contribution in [1.29, 1.82) is 0 Å². The van der Waals surface area contributed by atoms with Gasteiger partial charge >= 0.3 is 0 Å². The zero-order valence-electron chi connectivity index (χ0n) is 8.26. The third kappa shape index (κ3) is 3.64. The second kappa shape index (κ2) is 5.99. The van der Waals surface area contributed by atoms with Gasteiger partial charge in [0.2, 0.25) is 0 Å². The predicted octanol–water partition coefficient (Wildman–Crippen LogP) is 3.35. The lowest BCUT2D eigenvalue weighted by Crippen LogP contribution is -2.20. The molecule has 1 atom stereocenters. The maximum atomic E-state index is 11.8. The van der Waals surface area contributed by atoms with E-state index >= 15 is 0 Å². The molecule has 0 aromatic heterocycles. The van der Waals surface area contributed by atoms with E-state index in [4.69, 9.17) is 11.6 Å². The Morgan fingerprint density at radius 1 is 1.36 bits per heavy atom. The van der Waals surface area contributed by atoms with Crippen LogP contribution in [0.2, 0.25) is 5.02 Å². The summed E-state index contributed by atoms with van der Waals surface area (Å²) in [6, 6.07) is 7.94. The Bertz CT molecular complexity index is 260. The summed E-state index contributed by atoms with van der Waals surface area (Å²) in [5.41, 5.74) is 1.17. The van der Waals surface area contributed by atoms with Crippen LogP contribution in [-0.4, -0.2) is 13.2 Å². The highest BCUT2D eigenvalue weighted by atomic mass is 35.5. The summed E-state index contributed by atoms with van der Waals surface area (Å²) in [5.74, 6) is 0. The van der Waals surface area contributed by atoms with Gasteiger partial charge in [-0.15, -0.1) is 0 Å². The predicted molar refractivity (Wildman–Crippen MR) is 58.5 cm³/mol. The van der Waals surface area contributed by atoms with E-state index in [-0.39, 0.29) is 12.7 Å². The van der Waals surface area contributed by atoms with Crippen LogP contribution in [0.25, 0.3) is 0 Å². The molecule has 0 bridgehead atoms. The van der Waals surface area contributed by atoms with Crippen molar-refractivity contribution in [2.45, 2.75) is 19.4 Å². The van der Waals surface area contributed by atoms with Crippen molar-refractivity contribution in [3.63, 3.8) is 0 Å². The van der Waals surface area contributed by atoms with Crippen molar-refractivity contribution in [2.24, 2.45) is 0 Å². The van der Waals surface area contributed by atoms with Gasteiger partial charge in [-0.05, 0) is 37.6 Å². The summed E-state index contributed by atoms with van der Waals surface area (Å²) in [5, 5.41) is 3.98. The van der Waals surface area contributed by atoms with Crippen LogP contribution >= 0.6 is 11.6 Å². The van der Waals surface area contributed by atoms with Gasteiger partial charge in [0.1, 0.15) is 0 Å². The number of benzene rings is 1. The molecule has 14 heavy (non-hydrogen) atoms. The van der Waals surface area contributed by atoms with E-state index in [2.05, 4.69) is 12.2 Å². The van der Waals surface area contributed by atoms with Gasteiger partial charge in [-0.25, -0.2) is 0 Å². The van der Waals surface area contributed by atoms with Crippen LogP contribution in [0.1, 0.15) is 24.9 Å². The summed E-state index contributed by atoms with van der Waals surface area (Å²) in [4.78, 5) is 0. The fourth-order valence-electron chi connectivity index (χ4n) is 1.25.